The summed E-state index contributed by atoms with van der Waals surface area (Å²) in [5.74, 6) is 1.35. The van der Waals surface area contributed by atoms with Crippen LogP contribution >= 0.6 is 0 Å². The monoisotopic (exact) mass is 287 g/mol. The molecule has 0 aliphatic carbocycles. The molecule has 5 nitrogen and oxygen atoms in total. The van der Waals surface area contributed by atoms with Gasteiger partial charge in [-0.15, -0.1) is 0 Å². The number of benzene rings is 1. The van der Waals surface area contributed by atoms with Crippen molar-refractivity contribution in [3.8, 4) is 5.75 Å². The van der Waals surface area contributed by atoms with Crippen molar-refractivity contribution in [3.63, 3.8) is 0 Å². The molecular formula is C16H21N3O2. The molecule has 0 spiro atoms. The van der Waals surface area contributed by atoms with Gasteiger partial charge in [-0.05, 0) is 50.4 Å². The summed E-state index contributed by atoms with van der Waals surface area (Å²) in [6.45, 7) is 4.88. The van der Waals surface area contributed by atoms with Crippen LogP contribution in [-0.4, -0.2) is 16.5 Å². The van der Waals surface area contributed by atoms with Crippen molar-refractivity contribution in [1.29, 1.82) is 0 Å². The van der Waals surface area contributed by atoms with Crippen molar-refractivity contribution in [2.24, 2.45) is 5.73 Å². The Bertz CT molecular complexity index is 665. The highest BCUT2D eigenvalue weighted by molar-refractivity contribution is 5.38. The van der Waals surface area contributed by atoms with Gasteiger partial charge in [0.25, 0.3) is 5.56 Å². The number of nitrogens with one attached hydrogen (secondary N) is 1. The Labute approximate surface area is 124 Å². The maximum atomic E-state index is 11.6. The summed E-state index contributed by atoms with van der Waals surface area (Å²) in [6, 6.07) is 7.41. The molecule has 0 saturated heterocycles. The number of hydrogen-bond donors (Lipinski definition) is 2. The third-order valence-corrected chi connectivity index (χ3v) is 3.40. The average molecular weight is 287 g/mol. The minimum atomic E-state index is -0.156. The van der Waals surface area contributed by atoms with Gasteiger partial charge in [0.1, 0.15) is 18.2 Å². The van der Waals surface area contributed by atoms with Gasteiger partial charge in [-0.3, -0.25) is 4.79 Å². The van der Waals surface area contributed by atoms with E-state index in [2.05, 4.69) is 9.97 Å². The number of H-pyrrole nitrogens is 1. The quantitative estimate of drug-likeness (QED) is 0.849. The van der Waals surface area contributed by atoms with Crippen LogP contribution in [0.1, 0.15) is 29.1 Å². The first-order valence-electron chi connectivity index (χ1n) is 7.08. The van der Waals surface area contributed by atoms with Gasteiger partial charge in [0.05, 0.1) is 0 Å². The Kier molecular flexibility index (Phi) is 5.11. The zero-order valence-electron chi connectivity index (χ0n) is 12.5. The van der Waals surface area contributed by atoms with Gasteiger partial charge in [-0.2, -0.15) is 0 Å². The van der Waals surface area contributed by atoms with E-state index in [0.717, 1.165) is 23.4 Å². The first-order valence-corrected chi connectivity index (χ1v) is 7.08. The fourth-order valence-corrected chi connectivity index (χ4v) is 2.07. The molecule has 1 aromatic heterocycles. The second-order valence-corrected chi connectivity index (χ2v) is 5.06. The number of aromatic amines is 1. The maximum absolute atomic E-state index is 11.6. The topological polar surface area (TPSA) is 81.0 Å². The van der Waals surface area contributed by atoms with Crippen LogP contribution < -0.4 is 16.0 Å². The van der Waals surface area contributed by atoms with Crippen LogP contribution in [0, 0.1) is 13.8 Å². The Balaban J connectivity index is 2.10. The highest BCUT2D eigenvalue weighted by Crippen LogP contribution is 2.21. The van der Waals surface area contributed by atoms with E-state index in [9.17, 15) is 4.79 Å². The molecule has 0 amide bonds. The molecule has 0 aliphatic heterocycles. The minimum absolute atomic E-state index is 0.156. The van der Waals surface area contributed by atoms with Crippen molar-refractivity contribution in [2.45, 2.75) is 33.3 Å². The SMILES string of the molecule is Cc1cccc(OCc2nc(CCCN)cc(=O)[nH]2)c1C. The number of hydrogen-bond acceptors (Lipinski definition) is 4. The van der Waals surface area contributed by atoms with Crippen LogP contribution in [0.25, 0.3) is 0 Å². The molecule has 0 bridgehead atoms. The predicted octanol–water partition coefficient (Wildman–Crippen LogP) is 1.86. The first-order chi connectivity index (χ1) is 10.1. The summed E-state index contributed by atoms with van der Waals surface area (Å²) in [5.41, 5.74) is 8.35. The molecule has 3 N–H and O–H groups in total. The average Bonchev–Trinajstić information content (AvgIpc) is 2.46. The third-order valence-electron chi connectivity index (χ3n) is 3.40. The smallest absolute Gasteiger partial charge is 0.251 e. The number of aromatic nitrogens is 2. The second kappa shape index (κ2) is 7.04. The molecule has 5 heteroatoms. The third kappa shape index (κ3) is 4.16. The molecule has 0 radical (unpaired) electrons. The predicted molar refractivity (Wildman–Crippen MR) is 82.5 cm³/mol. The molecule has 0 saturated carbocycles. The molecule has 0 atom stereocenters. The zero-order valence-corrected chi connectivity index (χ0v) is 12.5. The summed E-state index contributed by atoms with van der Waals surface area (Å²) < 4.78 is 5.76. The summed E-state index contributed by atoms with van der Waals surface area (Å²) in [6.07, 6.45) is 1.52. The van der Waals surface area contributed by atoms with Gasteiger partial charge in [0, 0.05) is 11.8 Å². The van der Waals surface area contributed by atoms with Gasteiger partial charge in [-0.1, -0.05) is 12.1 Å². The lowest BCUT2D eigenvalue weighted by Crippen LogP contribution is -2.15. The molecule has 0 fully saturated rings. The molecular weight excluding hydrogens is 266 g/mol. The van der Waals surface area contributed by atoms with Crippen LogP contribution in [0.3, 0.4) is 0 Å². The molecule has 2 rings (SSSR count). The number of aryl methyl sites for hydroxylation is 2. The molecule has 2 aromatic rings. The Hall–Kier alpha value is -2.14. The number of nitrogens with zero attached hydrogens (tertiary/aromatic N) is 1. The molecule has 112 valence electrons. The van der Waals surface area contributed by atoms with Crippen molar-refractivity contribution < 1.29 is 4.74 Å². The zero-order chi connectivity index (χ0) is 15.2. The van der Waals surface area contributed by atoms with E-state index in [1.807, 2.05) is 32.0 Å². The van der Waals surface area contributed by atoms with Gasteiger partial charge in [0.15, 0.2) is 0 Å². The fourth-order valence-electron chi connectivity index (χ4n) is 2.07. The molecule has 1 heterocycles. The van der Waals surface area contributed by atoms with E-state index in [1.54, 1.807) is 0 Å². The van der Waals surface area contributed by atoms with Crippen molar-refractivity contribution in [1.82, 2.24) is 9.97 Å². The van der Waals surface area contributed by atoms with Gasteiger partial charge in [0.2, 0.25) is 0 Å². The lowest BCUT2D eigenvalue weighted by molar-refractivity contribution is 0.292. The molecule has 21 heavy (non-hydrogen) atoms. The lowest BCUT2D eigenvalue weighted by atomic mass is 10.1. The van der Waals surface area contributed by atoms with Gasteiger partial charge < -0.3 is 15.5 Å². The van der Waals surface area contributed by atoms with Crippen molar-refractivity contribution >= 4 is 0 Å². The largest absolute Gasteiger partial charge is 0.485 e. The molecule has 1 aromatic carbocycles. The fraction of sp³-hybridized carbons (Fsp3) is 0.375. The van der Waals surface area contributed by atoms with Crippen LogP contribution in [-0.2, 0) is 13.0 Å². The molecule has 0 aliphatic rings. The van der Waals surface area contributed by atoms with Crippen LogP contribution in [0.4, 0.5) is 0 Å². The Morgan fingerprint density at radius 1 is 1.33 bits per heavy atom. The van der Waals surface area contributed by atoms with E-state index < -0.39 is 0 Å². The van der Waals surface area contributed by atoms with Crippen molar-refractivity contribution in [2.75, 3.05) is 6.54 Å². The van der Waals surface area contributed by atoms with E-state index in [4.69, 9.17) is 10.5 Å². The standard InChI is InChI=1S/C16H21N3O2/c1-11-5-3-7-14(12(11)2)21-10-15-18-13(6-4-8-17)9-16(20)19-15/h3,5,7,9H,4,6,8,10,17H2,1-2H3,(H,18,19,20). The van der Waals surface area contributed by atoms with Crippen LogP contribution in [0.15, 0.2) is 29.1 Å². The Morgan fingerprint density at radius 3 is 2.90 bits per heavy atom. The van der Waals surface area contributed by atoms with Gasteiger partial charge >= 0.3 is 0 Å². The Morgan fingerprint density at radius 2 is 2.14 bits per heavy atom. The minimum Gasteiger partial charge on any atom is -0.485 e. The van der Waals surface area contributed by atoms with Gasteiger partial charge in [-0.25, -0.2) is 4.98 Å². The molecule has 0 unspecified atom stereocenters. The number of ether oxygens (including phenoxy) is 1. The number of rotatable bonds is 6. The highest BCUT2D eigenvalue weighted by Gasteiger charge is 2.05. The normalized spacial score (nSPS) is 10.6. The highest BCUT2D eigenvalue weighted by atomic mass is 16.5. The first kappa shape index (κ1) is 15.3. The maximum Gasteiger partial charge on any atom is 0.251 e. The summed E-state index contributed by atoms with van der Waals surface area (Å²) in [4.78, 5) is 18.7. The van der Waals surface area contributed by atoms with Crippen LogP contribution in [0.5, 0.6) is 5.75 Å². The second-order valence-electron chi connectivity index (χ2n) is 5.06. The van der Waals surface area contributed by atoms with E-state index in [0.29, 0.717) is 18.8 Å². The summed E-state index contributed by atoms with van der Waals surface area (Å²) >= 11 is 0. The van der Waals surface area contributed by atoms with E-state index in [1.165, 1.54) is 11.6 Å². The van der Waals surface area contributed by atoms with E-state index in [-0.39, 0.29) is 12.2 Å². The summed E-state index contributed by atoms with van der Waals surface area (Å²) in [7, 11) is 0. The van der Waals surface area contributed by atoms with E-state index >= 15 is 0 Å². The van der Waals surface area contributed by atoms with Crippen LogP contribution in [0.2, 0.25) is 0 Å². The lowest BCUT2D eigenvalue weighted by Gasteiger charge is -2.10. The summed E-state index contributed by atoms with van der Waals surface area (Å²) in [5, 5.41) is 0. The van der Waals surface area contributed by atoms with Crippen molar-refractivity contribution in [3.05, 3.63) is 57.3 Å². The number of nitrogens with two attached hydrogens (primary N) is 1.